The lowest BCUT2D eigenvalue weighted by atomic mass is 10.1. The zero-order valence-electron chi connectivity index (χ0n) is 14.0. The van der Waals surface area contributed by atoms with Crippen LogP contribution in [0.25, 0.3) is 5.69 Å². The molecule has 1 aliphatic rings. The maximum Gasteiger partial charge on any atom is 0.286 e. The summed E-state index contributed by atoms with van der Waals surface area (Å²) in [5.74, 6) is -4.50. The molecule has 0 radical (unpaired) electrons. The lowest BCUT2D eigenvalue weighted by molar-refractivity contribution is -0.126. The number of hydrogen-bond acceptors (Lipinski definition) is 4. The molecule has 1 aromatic carbocycles. The second-order valence-corrected chi connectivity index (χ2v) is 6.08. The fraction of sp³-hybridized carbons (Fsp3) is 0.294. The van der Waals surface area contributed by atoms with Gasteiger partial charge in [0.1, 0.15) is 6.04 Å². The van der Waals surface area contributed by atoms with Gasteiger partial charge in [-0.25, -0.2) is 13.5 Å². The molecule has 1 atom stereocenters. The second-order valence-electron chi connectivity index (χ2n) is 6.08. The molecule has 1 saturated heterocycles. The summed E-state index contributed by atoms with van der Waals surface area (Å²) in [5, 5.41) is 9.88. The van der Waals surface area contributed by atoms with Gasteiger partial charge in [0.15, 0.2) is 0 Å². The molecule has 9 heteroatoms. The topological polar surface area (TPSA) is 80.1 Å². The van der Waals surface area contributed by atoms with Crippen LogP contribution in [0.15, 0.2) is 43.2 Å². The Bertz CT molecular complexity index is 851. The number of amides is 2. The number of likely N-dealkylation sites (tertiary alicyclic amines) is 1. The minimum atomic E-state index is -3.23. The highest BCUT2D eigenvalue weighted by atomic mass is 19.3. The van der Waals surface area contributed by atoms with Crippen molar-refractivity contribution in [3.8, 4) is 5.69 Å². The van der Waals surface area contributed by atoms with E-state index in [1.54, 1.807) is 31.3 Å². The molecule has 0 aliphatic carbocycles. The normalized spacial score (nSPS) is 18.6. The summed E-state index contributed by atoms with van der Waals surface area (Å²) in [6.45, 7) is 4.04. The number of halogens is 2. The molecule has 2 heterocycles. The molecule has 1 aromatic heterocycles. The summed E-state index contributed by atoms with van der Waals surface area (Å²) in [7, 11) is 0. The Morgan fingerprint density at radius 3 is 2.85 bits per heavy atom. The average molecular weight is 361 g/mol. The van der Waals surface area contributed by atoms with Gasteiger partial charge in [-0.1, -0.05) is 23.4 Å². The maximum absolute atomic E-state index is 14.2. The Kier molecular flexibility index (Phi) is 4.54. The number of benzene rings is 1. The number of nitrogens with one attached hydrogen (secondary N) is 1. The highest BCUT2D eigenvalue weighted by Gasteiger charge is 2.50. The number of carbonyl (C=O) groups excluding carboxylic acids is 2. The van der Waals surface area contributed by atoms with Crippen LogP contribution in [0.2, 0.25) is 0 Å². The predicted molar refractivity (Wildman–Crippen MR) is 89.1 cm³/mol. The minimum absolute atomic E-state index is 0.194. The van der Waals surface area contributed by atoms with E-state index in [4.69, 9.17) is 0 Å². The molecule has 1 aliphatic heterocycles. The molecule has 1 fully saturated rings. The van der Waals surface area contributed by atoms with Crippen LogP contribution >= 0.6 is 0 Å². The molecule has 0 saturated carbocycles. The van der Waals surface area contributed by atoms with Crippen LogP contribution in [0.5, 0.6) is 0 Å². The number of rotatable bonds is 4. The number of aromatic nitrogens is 3. The van der Waals surface area contributed by atoms with Crippen LogP contribution < -0.4 is 5.32 Å². The average Bonchev–Trinajstić information content (AvgIpc) is 3.22. The van der Waals surface area contributed by atoms with Crippen LogP contribution in [0.1, 0.15) is 15.9 Å². The Morgan fingerprint density at radius 1 is 1.42 bits per heavy atom. The quantitative estimate of drug-likeness (QED) is 0.834. The van der Waals surface area contributed by atoms with Crippen molar-refractivity contribution in [2.24, 2.45) is 0 Å². The summed E-state index contributed by atoms with van der Waals surface area (Å²) in [6, 6.07) is 3.55. The second kappa shape index (κ2) is 6.66. The van der Waals surface area contributed by atoms with Crippen molar-refractivity contribution in [3.05, 3.63) is 54.4 Å². The summed E-state index contributed by atoms with van der Waals surface area (Å²) < 4.78 is 29.8. The van der Waals surface area contributed by atoms with Crippen molar-refractivity contribution in [3.63, 3.8) is 0 Å². The van der Waals surface area contributed by atoms with E-state index in [0.717, 1.165) is 16.5 Å². The fourth-order valence-corrected chi connectivity index (χ4v) is 2.84. The highest BCUT2D eigenvalue weighted by Crippen LogP contribution is 2.28. The van der Waals surface area contributed by atoms with Crippen molar-refractivity contribution in [2.45, 2.75) is 18.9 Å². The molecule has 0 bridgehead atoms. The molecule has 0 spiro atoms. The van der Waals surface area contributed by atoms with Crippen LogP contribution in [0.4, 0.5) is 8.78 Å². The molecule has 2 amide bonds. The smallest absolute Gasteiger partial charge is 0.286 e. The van der Waals surface area contributed by atoms with Gasteiger partial charge >= 0.3 is 0 Å². The minimum Gasteiger partial charge on any atom is -0.341 e. The fourth-order valence-electron chi connectivity index (χ4n) is 2.84. The van der Waals surface area contributed by atoms with E-state index in [0.29, 0.717) is 5.69 Å². The van der Waals surface area contributed by atoms with Crippen molar-refractivity contribution in [1.82, 2.24) is 25.2 Å². The van der Waals surface area contributed by atoms with Gasteiger partial charge < -0.3 is 10.2 Å². The maximum atomic E-state index is 14.2. The third kappa shape index (κ3) is 3.32. The first-order valence-corrected chi connectivity index (χ1v) is 7.89. The lowest BCUT2D eigenvalue weighted by Crippen LogP contribution is -2.47. The van der Waals surface area contributed by atoms with E-state index in [1.807, 2.05) is 0 Å². The molecule has 1 N–H and O–H groups in total. The molecule has 26 heavy (non-hydrogen) atoms. The Balaban J connectivity index is 1.86. The lowest BCUT2D eigenvalue weighted by Gasteiger charge is -2.19. The van der Waals surface area contributed by atoms with Gasteiger partial charge in [-0.2, -0.15) is 0 Å². The number of hydrogen-bond donors (Lipinski definition) is 1. The van der Waals surface area contributed by atoms with Gasteiger partial charge in [-0.15, -0.1) is 5.10 Å². The number of aryl methyl sites for hydroxylation is 1. The summed E-state index contributed by atoms with van der Waals surface area (Å²) in [5.41, 5.74) is 1.41. The Labute approximate surface area is 148 Å². The number of alkyl halides is 2. The van der Waals surface area contributed by atoms with Gasteiger partial charge in [0.2, 0.25) is 5.91 Å². The molecule has 7 nitrogen and oxygen atoms in total. The Morgan fingerprint density at radius 2 is 2.19 bits per heavy atom. The predicted octanol–water partition coefficient (Wildman–Crippen LogP) is 1.34. The van der Waals surface area contributed by atoms with E-state index in [9.17, 15) is 18.4 Å². The van der Waals surface area contributed by atoms with Gasteiger partial charge in [0.05, 0.1) is 30.2 Å². The van der Waals surface area contributed by atoms with E-state index >= 15 is 0 Å². The van der Waals surface area contributed by atoms with Crippen LogP contribution in [-0.2, 0) is 4.79 Å². The van der Waals surface area contributed by atoms with Crippen molar-refractivity contribution < 1.29 is 18.4 Å². The van der Waals surface area contributed by atoms with Crippen LogP contribution in [0.3, 0.4) is 0 Å². The van der Waals surface area contributed by atoms with Crippen LogP contribution in [0, 0.1) is 6.92 Å². The monoisotopic (exact) mass is 361 g/mol. The summed E-state index contributed by atoms with van der Waals surface area (Å²) in [6.07, 6.45) is 3.98. The molecular formula is C17H17F2N5O2. The van der Waals surface area contributed by atoms with Crippen molar-refractivity contribution in [1.29, 1.82) is 0 Å². The molecule has 2 aromatic rings. The standard InChI is InChI=1S/C17H17F2N5O2/c1-3-15(25)23-9-14(17(18,19)10-23)21-16(26)12-8-11(2)4-5-13(12)24-7-6-20-22-24/h3-8,14H,1,9-10H2,2H3,(H,21,26). The van der Waals surface area contributed by atoms with Gasteiger partial charge in [0, 0.05) is 6.54 Å². The zero-order valence-corrected chi connectivity index (χ0v) is 14.0. The molecule has 3 rings (SSSR count). The van der Waals surface area contributed by atoms with Crippen LogP contribution in [-0.4, -0.2) is 56.8 Å². The first kappa shape index (κ1) is 17.7. The largest absolute Gasteiger partial charge is 0.341 e. The Hall–Kier alpha value is -3.10. The van der Waals surface area contributed by atoms with E-state index in [2.05, 4.69) is 22.2 Å². The summed E-state index contributed by atoms with van der Waals surface area (Å²) >= 11 is 0. The van der Waals surface area contributed by atoms with Crippen molar-refractivity contribution in [2.75, 3.05) is 13.1 Å². The first-order chi connectivity index (χ1) is 12.3. The van der Waals surface area contributed by atoms with Crippen molar-refractivity contribution >= 4 is 11.8 Å². The SMILES string of the molecule is C=CC(=O)N1CC(NC(=O)c2cc(C)ccc2-n2ccnn2)C(F)(F)C1. The van der Waals surface area contributed by atoms with E-state index in [1.165, 1.54) is 10.9 Å². The number of nitrogens with zero attached hydrogens (tertiary/aromatic N) is 4. The van der Waals surface area contributed by atoms with Gasteiger partial charge in [-0.3, -0.25) is 9.59 Å². The summed E-state index contributed by atoms with van der Waals surface area (Å²) in [4.78, 5) is 25.2. The first-order valence-electron chi connectivity index (χ1n) is 7.89. The van der Waals surface area contributed by atoms with Gasteiger partial charge in [-0.05, 0) is 25.1 Å². The molecule has 1 unspecified atom stereocenters. The van der Waals surface area contributed by atoms with Gasteiger partial charge in [0.25, 0.3) is 11.8 Å². The van der Waals surface area contributed by atoms with E-state index in [-0.39, 0.29) is 12.1 Å². The number of carbonyl (C=O) groups is 2. The highest BCUT2D eigenvalue weighted by molar-refractivity contribution is 5.98. The third-order valence-electron chi connectivity index (χ3n) is 4.17. The zero-order chi connectivity index (χ0) is 18.9. The molecular weight excluding hydrogens is 344 g/mol. The van der Waals surface area contributed by atoms with E-state index < -0.39 is 30.3 Å². The molecule has 136 valence electrons. The third-order valence-corrected chi connectivity index (χ3v) is 4.17.